The first kappa shape index (κ1) is 24.3. The van der Waals surface area contributed by atoms with Crippen molar-refractivity contribution in [2.45, 2.75) is 27.3 Å². The highest BCUT2D eigenvalue weighted by Crippen LogP contribution is 2.06. The molecule has 0 aliphatic rings. The minimum absolute atomic E-state index is 0.329. The van der Waals surface area contributed by atoms with E-state index >= 15 is 0 Å². The van der Waals surface area contributed by atoms with E-state index in [1.165, 1.54) is 12.5 Å². The van der Waals surface area contributed by atoms with Crippen LogP contribution in [0.3, 0.4) is 0 Å². The Bertz CT molecular complexity index is 466. The fourth-order valence-corrected chi connectivity index (χ4v) is 2.90. The Hall–Kier alpha value is -1.95. The summed E-state index contributed by atoms with van der Waals surface area (Å²) in [5, 5.41) is 0. The van der Waals surface area contributed by atoms with Gasteiger partial charge in [-0.25, -0.2) is 0 Å². The first-order chi connectivity index (χ1) is 11.4. The number of hydrogen-bond acceptors (Lipinski definition) is 4. The summed E-state index contributed by atoms with van der Waals surface area (Å²) in [5.41, 5.74) is 2.98. The summed E-state index contributed by atoms with van der Waals surface area (Å²) in [5.74, 6) is -0.329. The molecule has 0 aliphatic heterocycles. The molecular formula is C19H30O4Si. The lowest BCUT2D eigenvalue weighted by Gasteiger charge is -2.21. The van der Waals surface area contributed by atoms with Crippen molar-refractivity contribution in [3.63, 3.8) is 0 Å². The molecule has 0 radical (unpaired) electrons. The fourth-order valence-electron chi connectivity index (χ4n) is 1.44. The summed E-state index contributed by atoms with van der Waals surface area (Å²) in [4.78, 5) is 9.75. The number of esters is 1. The molecule has 0 aromatic heterocycles. The quantitative estimate of drug-likeness (QED) is 0.399. The second-order valence-electron chi connectivity index (χ2n) is 4.48. The van der Waals surface area contributed by atoms with Gasteiger partial charge in [0.15, 0.2) is 0 Å². The second-order valence-corrected chi connectivity index (χ2v) is 7.49. The molecule has 0 saturated heterocycles. The van der Waals surface area contributed by atoms with Crippen LogP contribution in [0.5, 0.6) is 0 Å². The first-order valence-electron chi connectivity index (χ1n) is 7.76. The molecule has 0 saturated carbocycles. The molecule has 0 heterocycles. The molecule has 1 aromatic rings. The van der Waals surface area contributed by atoms with E-state index in [9.17, 15) is 4.79 Å². The van der Waals surface area contributed by atoms with Crippen LogP contribution in [0.4, 0.5) is 0 Å². The lowest BCUT2D eigenvalue weighted by atomic mass is 10.2. The number of rotatable bonds is 7. The monoisotopic (exact) mass is 350 g/mol. The van der Waals surface area contributed by atoms with E-state index in [2.05, 4.69) is 24.5 Å². The van der Waals surface area contributed by atoms with Gasteiger partial charge in [-0.1, -0.05) is 49.6 Å². The maximum atomic E-state index is 9.75. The van der Waals surface area contributed by atoms with Gasteiger partial charge in [-0.05, 0) is 31.7 Å². The average Bonchev–Trinajstić information content (AvgIpc) is 2.57. The van der Waals surface area contributed by atoms with Crippen molar-refractivity contribution in [2.24, 2.45) is 0 Å². The lowest BCUT2D eigenvalue weighted by molar-refractivity contribution is -0.135. The van der Waals surface area contributed by atoms with E-state index < -0.39 is 8.56 Å². The van der Waals surface area contributed by atoms with Gasteiger partial charge in [0.25, 0.3) is 0 Å². The average molecular weight is 351 g/mol. The summed E-state index contributed by atoms with van der Waals surface area (Å²) >= 11 is 0. The van der Waals surface area contributed by atoms with E-state index in [0.29, 0.717) is 13.2 Å². The summed E-state index contributed by atoms with van der Waals surface area (Å²) in [7, 11) is -1.96. The van der Waals surface area contributed by atoms with E-state index in [1.54, 1.807) is 5.70 Å². The van der Waals surface area contributed by atoms with E-state index in [4.69, 9.17) is 8.85 Å². The van der Waals surface area contributed by atoms with Crippen LogP contribution in [0.1, 0.15) is 26.3 Å². The van der Waals surface area contributed by atoms with Crippen molar-refractivity contribution >= 4 is 20.6 Å². The number of carbonyl (C=O) groups excluding carboxylic acids is 1. The fraction of sp³-hybridized carbons (Fsp3) is 0.316. The van der Waals surface area contributed by atoms with Gasteiger partial charge in [-0.2, -0.15) is 0 Å². The van der Waals surface area contributed by atoms with Crippen LogP contribution < -0.4 is 0 Å². The highest BCUT2D eigenvalue weighted by atomic mass is 28.4. The van der Waals surface area contributed by atoms with Gasteiger partial charge in [0.05, 0.1) is 6.26 Å². The lowest BCUT2D eigenvalue weighted by Crippen LogP contribution is -2.36. The number of carbonyl (C=O) groups is 1. The molecule has 4 nitrogen and oxygen atoms in total. The zero-order chi connectivity index (χ0) is 18.8. The SMILES string of the molecule is C=COC(C)=O.C=C[Si](C)(OCC)OCC.C=Cc1ccccc1. The molecule has 0 atom stereocenters. The minimum atomic E-state index is -1.96. The van der Waals surface area contributed by atoms with Crippen LogP contribution in [-0.4, -0.2) is 27.7 Å². The third-order valence-corrected chi connectivity index (χ3v) is 4.98. The summed E-state index contributed by atoms with van der Waals surface area (Å²) < 4.78 is 15.0. The molecule has 0 fully saturated rings. The summed E-state index contributed by atoms with van der Waals surface area (Å²) in [6, 6.07) is 10.0. The number of hydrogen-bond donors (Lipinski definition) is 0. The Balaban J connectivity index is 0. The first-order valence-corrected chi connectivity index (χ1v) is 10.2. The van der Waals surface area contributed by atoms with Gasteiger partial charge < -0.3 is 13.6 Å². The van der Waals surface area contributed by atoms with Gasteiger partial charge in [-0.3, -0.25) is 4.79 Å². The highest BCUT2D eigenvalue weighted by molar-refractivity contribution is 6.71. The molecule has 0 N–H and O–H groups in total. The van der Waals surface area contributed by atoms with Crippen LogP contribution in [0.2, 0.25) is 6.55 Å². The van der Waals surface area contributed by atoms with Gasteiger partial charge in [-0.15, -0.1) is 6.58 Å². The number of benzene rings is 1. The largest absolute Gasteiger partial charge is 0.435 e. The Labute approximate surface area is 147 Å². The molecular weight excluding hydrogens is 320 g/mol. The molecule has 0 unspecified atom stereocenters. The molecule has 1 rings (SSSR count). The van der Waals surface area contributed by atoms with Crippen molar-refractivity contribution in [3.8, 4) is 0 Å². The molecule has 0 spiro atoms. The summed E-state index contributed by atoms with van der Waals surface area (Å²) in [6.45, 7) is 19.1. The minimum Gasteiger partial charge on any atom is -0.435 e. The molecule has 5 heteroatoms. The molecule has 0 bridgehead atoms. The van der Waals surface area contributed by atoms with Crippen LogP contribution in [0.15, 0.2) is 62.0 Å². The van der Waals surface area contributed by atoms with Crippen molar-refractivity contribution in [2.75, 3.05) is 13.2 Å². The van der Waals surface area contributed by atoms with Crippen molar-refractivity contribution in [3.05, 3.63) is 67.6 Å². The number of ether oxygens (including phenoxy) is 1. The predicted molar refractivity (Wildman–Crippen MR) is 104 cm³/mol. The van der Waals surface area contributed by atoms with Crippen molar-refractivity contribution in [1.82, 2.24) is 0 Å². The zero-order valence-corrected chi connectivity index (χ0v) is 16.3. The van der Waals surface area contributed by atoms with Crippen molar-refractivity contribution < 1.29 is 18.4 Å². The van der Waals surface area contributed by atoms with Gasteiger partial charge in [0, 0.05) is 20.1 Å². The molecule has 0 amide bonds. The molecule has 0 aliphatic carbocycles. The Morgan fingerprint density at radius 2 is 1.58 bits per heavy atom. The van der Waals surface area contributed by atoms with Gasteiger partial charge >= 0.3 is 14.5 Å². The molecule has 1 aromatic carbocycles. The standard InChI is InChI=1S/C8H8.C7H16O2Si.C4H6O2/c1-2-8-6-4-3-5-7-8;1-5-8-10(4,7-3)9-6-2;1-3-6-4(2)5/h2-7H,1H2;7H,3,5-6H2,1-2,4H3;3H,1H2,2H3. The predicted octanol–water partition coefficient (Wildman–Crippen LogP) is 4.88. The Morgan fingerprint density at radius 1 is 1.08 bits per heavy atom. The van der Waals surface area contributed by atoms with Crippen LogP contribution in [0.25, 0.3) is 6.08 Å². The maximum Gasteiger partial charge on any atom is 0.361 e. The van der Waals surface area contributed by atoms with E-state index in [0.717, 1.165) is 6.26 Å². The molecule has 24 heavy (non-hydrogen) atoms. The Kier molecular flexibility index (Phi) is 16.1. The highest BCUT2D eigenvalue weighted by Gasteiger charge is 2.25. The summed E-state index contributed by atoms with van der Waals surface area (Å²) in [6.07, 6.45) is 2.93. The van der Waals surface area contributed by atoms with Gasteiger partial charge in [0.1, 0.15) is 0 Å². The normalized spacial score (nSPS) is 9.33. The Morgan fingerprint density at radius 3 is 1.79 bits per heavy atom. The van der Waals surface area contributed by atoms with Crippen LogP contribution in [0, 0.1) is 0 Å². The zero-order valence-electron chi connectivity index (χ0n) is 15.3. The third-order valence-electron chi connectivity index (χ3n) is 2.52. The van der Waals surface area contributed by atoms with Gasteiger partial charge in [0.2, 0.25) is 0 Å². The van der Waals surface area contributed by atoms with Crippen LogP contribution in [-0.2, 0) is 18.4 Å². The van der Waals surface area contributed by atoms with Crippen molar-refractivity contribution in [1.29, 1.82) is 0 Å². The van der Waals surface area contributed by atoms with E-state index in [-0.39, 0.29) is 5.97 Å². The topological polar surface area (TPSA) is 44.8 Å². The smallest absolute Gasteiger partial charge is 0.361 e. The van der Waals surface area contributed by atoms with Crippen LogP contribution >= 0.6 is 0 Å². The second kappa shape index (κ2) is 15.9. The molecule has 134 valence electrons. The third kappa shape index (κ3) is 15.0. The van der Waals surface area contributed by atoms with E-state index in [1.807, 2.05) is 56.8 Å². The maximum absolute atomic E-state index is 9.75.